The highest BCUT2D eigenvalue weighted by molar-refractivity contribution is 7.09. The molecule has 0 saturated carbocycles. The van der Waals surface area contributed by atoms with Crippen molar-refractivity contribution in [2.75, 3.05) is 5.32 Å². The molecule has 2 rings (SSSR count). The molecule has 0 aliphatic rings. The largest absolute Gasteiger partial charge is 0.376 e. The summed E-state index contributed by atoms with van der Waals surface area (Å²) in [7, 11) is 1.96. The van der Waals surface area contributed by atoms with Crippen LogP contribution in [0.2, 0.25) is 0 Å². The monoisotopic (exact) mass is 236 g/mol. The number of rotatable bonds is 3. The Labute approximate surface area is 99.3 Å². The van der Waals surface area contributed by atoms with Gasteiger partial charge in [0.1, 0.15) is 5.01 Å². The summed E-state index contributed by atoms with van der Waals surface area (Å²) in [5.41, 5.74) is 4.40. The van der Waals surface area contributed by atoms with Gasteiger partial charge in [-0.1, -0.05) is 0 Å². The number of nitrogens with one attached hydrogen (secondary N) is 1. The fourth-order valence-electron chi connectivity index (χ4n) is 1.68. The lowest BCUT2D eigenvalue weighted by Gasteiger charge is -2.04. The molecule has 0 unspecified atom stereocenters. The summed E-state index contributed by atoms with van der Waals surface area (Å²) < 4.78 is 1.89. The molecule has 4 nitrogen and oxygen atoms in total. The van der Waals surface area contributed by atoms with E-state index in [1.165, 1.54) is 0 Å². The van der Waals surface area contributed by atoms with Crippen molar-refractivity contribution in [2.45, 2.75) is 27.3 Å². The molecule has 5 heteroatoms. The summed E-state index contributed by atoms with van der Waals surface area (Å²) in [6.45, 7) is 6.87. The van der Waals surface area contributed by atoms with Crippen molar-refractivity contribution in [1.29, 1.82) is 0 Å². The number of hydrogen-bond acceptors (Lipinski definition) is 4. The van der Waals surface area contributed by atoms with Gasteiger partial charge in [0, 0.05) is 18.1 Å². The van der Waals surface area contributed by atoms with E-state index in [0.29, 0.717) is 0 Å². The van der Waals surface area contributed by atoms with Crippen LogP contribution in [0.25, 0.3) is 0 Å². The number of thiazole rings is 1. The molecule has 0 aliphatic carbocycles. The summed E-state index contributed by atoms with van der Waals surface area (Å²) in [5, 5.41) is 10.9. The van der Waals surface area contributed by atoms with Crippen LogP contribution in [0.4, 0.5) is 5.69 Å². The van der Waals surface area contributed by atoms with Crippen molar-refractivity contribution in [3.05, 3.63) is 27.5 Å². The second-order valence-corrected chi connectivity index (χ2v) is 4.85. The average Bonchev–Trinajstić information content (AvgIpc) is 2.72. The van der Waals surface area contributed by atoms with Crippen LogP contribution >= 0.6 is 11.3 Å². The second-order valence-electron chi connectivity index (χ2n) is 3.91. The summed E-state index contributed by atoms with van der Waals surface area (Å²) in [6.07, 6.45) is 0. The fraction of sp³-hybridized carbons (Fsp3) is 0.455. The van der Waals surface area contributed by atoms with Crippen LogP contribution in [0.3, 0.4) is 0 Å². The molecule has 2 aromatic heterocycles. The number of anilines is 1. The molecule has 86 valence electrons. The normalized spacial score (nSPS) is 10.8. The molecule has 0 radical (unpaired) electrons. The third-order valence-corrected chi connectivity index (χ3v) is 3.56. The molecule has 0 spiro atoms. The van der Waals surface area contributed by atoms with Crippen LogP contribution in [-0.2, 0) is 13.6 Å². The maximum Gasteiger partial charge on any atom is 0.112 e. The highest BCUT2D eigenvalue weighted by atomic mass is 32.1. The van der Waals surface area contributed by atoms with Gasteiger partial charge in [-0.05, 0) is 20.8 Å². The van der Waals surface area contributed by atoms with E-state index in [1.807, 2.05) is 25.6 Å². The Morgan fingerprint density at radius 1 is 1.38 bits per heavy atom. The summed E-state index contributed by atoms with van der Waals surface area (Å²) in [6, 6.07) is 0. The number of aromatic nitrogens is 3. The van der Waals surface area contributed by atoms with Crippen molar-refractivity contribution in [3.8, 4) is 0 Å². The van der Waals surface area contributed by atoms with Crippen LogP contribution in [0.1, 0.15) is 22.1 Å². The van der Waals surface area contributed by atoms with Gasteiger partial charge < -0.3 is 5.32 Å². The zero-order valence-corrected chi connectivity index (χ0v) is 10.9. The van der Waals surface area contributed by atoms with Gasteiger partial charge >= 0.3 is 0 Å². The fourth-order valence-corrected chi connectivity index (χ4v) is 2.39. The van der Waals surface area contributed by atoms with E-state index in [9.17, 15) is 0 Å². The maximum atomic E-state index is 4.42. The van der Waals surface area contributed by atoms with Crippen LogP contribution in [0.5, 0.6) is 0 Å². The SMILES string of the molecule is Cc1csc(CNc2c(C)nn(C)c2C)n1. The zero-order chi connectivity index (χ0) is 11.7. The topological polar surface area (TPSA) is 42.7 Å². The van der Waals surface area contributed by atoms with Gasteiger partial charge in [-0.25, -0.2) is 4.98 Å². The average molecular weight is 236 g/mol. The molecular weight excluding hydrogens is 220 g/mol. The third-order valence-electron chi connectivity index (χ3n) is 2.59. The Morgan fingerprint density at radius 3 is 2.62 bits per heavy atom. The first-order chi connectivity index (χ1) is 7.58. The Hall–Kier alpha value is -1.36. The lowest BCUT2D eigenvalue weighted by atomic mass is 10.3. The zero-order valence-electron chi connectivity index (χ0n) is 10.0. The van der Waals surface area contributed by atoms with E-state index >= 15 is 0 Å². The van der Waals surface area contributed by atoms with Gasteiger partial charge in [0.25, 0.3) is 0 Å². The molecule has 0 aliphatic heterocycles. The predicted octanol–water partition coefficient (Wildman–Crippen LogP) is 2.41. The Balaban J connectivity index is 2.10. The van der Waals surface area contributed by atoms with Crippen LogP contribution < -0.4 is 5.32 Å². The first kappa shape index (κ1) is 11.1. The van der Waals surface area contributed by atoms with Crippen molar-refractivity contribution in [3.63, 3.8) is 0 Å². The molecule has 0 saturated heterocycles. The van der Waals surface area contributed by atoms with Gasteiger partial charge in [0.05, 0.1) is 23.6 Å². The van der Waals surface area contributed by atoms with E-state index < -0.39 is 0 Å². The lowest BCUT2D eigenvalue weighted by Crippen LogP contribution is -2.01. The smallest absolute Gasteiger partial charge is 0.112 e. The minimum atomic E-state index is 0.770. The third kappa shape index (κ3) is 2.09. The standard InChI is InChI=1S/C11H16N4S/c1-7-6-16-10(13-7)5-12-11-8(2)14-15(4)9(11)3/h6,12H,5H2,1-4H3. The minimum absolute atomic E-state index is 0.770. The predicted molar refractivity (Wildman–Crippen MR) is 66.9 cm³/mol. The quantitative estimate of drug-likeness (QED) is 0.890. The molecule has 0 aromatic carbocycles. The van der Waals surface area contributed by atoms with Crippen molar-refractivity contribution in [2.24, 2.45) is 7.05 Å². The van der Waals surface area contributed by atoms with Crippen LogP contribution in [0, 0.1) is 20.8 Å². The number of nitrogens with zero attached hydrogens (tertiary/aromatic N) is 3. The summed E-state index contributed by atoms with van der Waals surface area (Å²) in [4.78, 5) is 4.42. The van der Waals surface area contributed by atoms with E-state index in [0.717, 1.165) is 34.3 Å². The first-order valence-corrected chi connectivity index (χ1v) is 6.11. The Kier molecular flexibility index (Phi) is 2.96. The van der Waals surface area contributed by atoms with Gasteiger partial charge in [-0.15, -0.1) is 11.3 Å². The first-order valence-electron chi connectivity index (χ1n) is 5.23. The molecule has 0 bridgehead atoms. The molecule has 2 aromatic rings. The second kappa shape index (κ2) is 4.25. The van der Waals surface area contributed by atoms with Gasteiger partial charge in [0.2, 0.25) is 0 Å². The molecule has 0 fully saturated rings. The van der Waals surface area contributed by atoms with Crippen LogP contribution in [0.15, 0.2) is 5.38 Å². The van der Waals surface area contributed by atoms with Gasteiger partial charge in [0.15, 0.2) is 0 Å². The highest BCUT2D eigenvalue weighted by Crippen LogP contribution is 2.19. The number of hydrogen-bond donors (Lipinski definition) is 1. The molecule has 0 atom stereocenters. The lowest BCUT2D eigenvalue weighted by molar-refractivity contribution is 0.731. The van der Waals surface area contributed by atoms with E-state index in [-0.39, 0.29) is 0 Å². The van der Waals surface area contributed by atoms with Gasteiger partial charge in [-0.2, -0.15) is 5.10 Å². The van der Waals surface area contributed by atoms with Crippen molar-refractivity contribution >= 4 is 17.0 Å². The Morgan fingerprint density at radius 2 is 2.12 bits per heavy atom. The molecule has 1 N–H and O–H groups in total. The van der Waals surface area contributed by atoms with Crippen LogP contribution in [-0.4, -0.2) is 14.8 Å². The summed E-state index contributed by atoms with van der Waals surface area (Å²) in [5.74, 6) is 0. The van der Waals surface area contributed by atoms with E-state index in [1.54, 1.807) is 11.3 Å². The molecule has 0 amide bonds. The van der Waals surface area contributed by atoms with Crippen molar-refractivity contribution < 1.29 is 0 Å². The maximum absolute atomic E-state index is 4.42. The van der Waals surface area contributed by atoms with Gasteiger partial charge in [-0.3, -0.25) is 4.68 Å². The minimum Gasteiger partial charge on any atom is -0.376 e. The number of aryl methyl sites for hydroxylation is 3. The molecule has 16 heavy (non-hydrogen) atoms. The van der Waals surface area contributed by atoms with E-state index in [4.69, 9.17) is 0 Å². The highest BCUT2D eigenvalue weighted by Gasteiger charge is 2.09. The van der Waals surface area contributed by atoms with Crippen molar-refractivity contribution in [1.82, 2.24) is 14.8 Å². The Bertz CT molecular complexity index is 498. The van der Waals surface area contributed by atoms with E-state index in [2.05, 4.69) is 27.7 Å². The molecule has 2 heterocycles. The summed E-state index contributed by atoms with van der Waals surface area (Å²) >= 11 is 1.69. The molecular formula is C11H16N4S.